The fourth-order valence-electron chi connectivity index (χ4n) is 3.11. The minimum atomic E-state index is -4.42. The number of nitrogens with zero attached hydrogens (tertiary/aromatic N) is 2. The van der Waals surface area contributed by atoms with Crippen molar-refractivity contribution in [3.63, 3.8) is 0 Å². The van der Waals surface area contributed by atoms with Crippen LogP contribution >= 0.6 is 15.9 Å². The van der Waals surface area contributed by atoms with Gasteiger partial charge in [0.15, 0.2) is 0 Å². The number of carbonyl (C=O) groups is 2. The van der Waals surface area contributed by atoms with E-state index < -0.39 is 24.5 Å². The number of benzene rings is 1. The summed E-state index contributed by atoms with van der Waals surface area (Å²) >= 11 is 3.34. The van der Waals surface area contributed by atoms with Gasteiger partial charge in [-0.2, -0.15) is 13.2 Å². The fraction of sp³-hybridized carbons (Fsp3) is 0.556. The highest BCUT2D eigenvalue weighted by Gasteiger charge is 2.36. The third kappa shape index (κ3) is 6.00. The molecule has 0 spiro atoms. The third-order valence-electron chi connectivity index (χ3n) is 4.46. The van der Waals surface area contributed by atoms with Crippen LogP contribution < -0.4 is 0 Å². The van der Waals surface area contributed by atoms with Crippen LogP contribution in [-0.4, -0.2) is 54.0 Å². The van der Waals surface area contributed by atoms with Gasteiger partial charge in [-0.1, -0.05) is 28.1 Å². The Morgan fingerprint density at radius 2 is 1.92 bits per heavy atom. The van der Waals surface area contributed by atoms with Gasteiger partial charge >= 0.3 is 6.18 Å². The maximum atomic E-state index is 12.6. The van der Waals surface area contributed by atoms with E-state index in [4.69, 9.17) is 0 Å². The predicted molar refractivity (Wildman–Crippen MR) is 95.5 cm³/mol. The molecule has 1 atom stereocenters. The van der Waals surface area contributed by atoms with Crippen LogP contribution in [0.5, 0.6) is 0 Å². The Kier molecular flexibility index (Phi) is 7.08. The summed E-state index contributed by atoms with van der Waals surface area (Å²) in [7, 11) is 0. The van der Waals surface area contributed by atoms with Gasteiger partial charge in [0, 0.05) is 24.1 Å². The molecule has 1 saturated heterocycles. The molecule has 0 radical (unpaired) electrons. The molecule has 1 heterocycles. The normalized spacial score (nSPS) is 17.9. The number of amides is 2. The molecule has 1 aromatic carbocycles. The fourth-order valence-corrected chi connectivity index (χ4v) is 3.38. The summed E-state index contributed by atoms with van der Waals surface area (Å²) in [5.41, 5.74) is 0.860. The van der Waals surface area contributed by atoms with Crippen molar-refractivity contribution in [3.8, 4) is 0 Å². The molecular formula is C18H22BrF3N2O2. The van der Waals surface area contributed by atoms with Gasteiger partial charge in [0.25, 0.3) is 0 Å². The summed E-state index contributed by atoms with van der Waals surface area (Å²) in [6.45, 7) is 1.00. The van der Waals surface area contributed by atoms with Gasteiger partial charge in [0.1, 0.15) is 6.54 Å². The smallest absolute Gasteiger partial charge is 0.342 e. The molecule has 26 heavy (non-hydrogen) atoms. The van der Waals surface area contributed by atoms with Crippen molar-refractivity contribution in [1.29, 1.82) is 0 Å². The summed E-state index contributed by atoms with van der Waals surface area (Å²) < 4.78 is 38.8. The van der Waals surface area contributed by atoms with Crippen molar-refractivity contribution in [1.82, 2.24) is 9.80 Å². The molecule has 144 valence electrons. The standard InChI is InChI=1S/C18H22BrF3N2O2/c1-2-23(12-18(20,21)22)17(26)14-4-3-9-24(11-14)16(25)10-13-5-7-15(19)8-6-13/h5-8,14H,2-4,9-12H2,1H3. The van der Waals surface area contributed by atoms with E-state index in [1.807, 2.05) is 24.3 Å². The second kappa shape index (κ2) is 8.88. The highest BCUT2D eigenvalue weighted by atomic mass is 79.9. The molecule has 1 aromatic rings. The van der Waals surface area contributed by atoms with Crippen LogP contribution in [0, 0.1) is 5.92 Å². The highest BCUT2D eigenvalue weighted by Crippen LogP contribution is 2.23. The monoisotopic (exact) mass is 434 g/mol. The number of likely N-dealkylation sites (tertiary alicyclic amines) is 1. The van der Waals surface area contributed by atoms with Crippen LogP contribution in [0.4, 0.5) is 13.2 Å². The predicted octanol–water partition coefficient (Wildman–Crippen LogP) is 3.64. The zero-order valence-corrected chi connectivity index (χ0v) is 16.1. The van der Waals surface area contributed by atoms with E-state index in [2.05, 4.69) is 15.9 Å². The lowest BCUT2D eigenvalue weighted by molar-refractivity contribution is -0.164. The van der Waals surface area contributed by atoms with Crippen molar-refractivity contribution >= 4 is 27.7 Å². The van der Waals surface area contributed by atoms with E-state index in [0.29, 0.717) is 19.4 Å². The third-order valence-corrected chi connectivity index (χ3v) is 4.98. The Bertz CT molecular complexity index is 634. The van der Waals surface area contributed by atoms with Crippen LogP contribution in [0.15, 0.2) is 28.7 Å². The quantitative estimate of drug-likeness (QED) is 0.709. The lowest BCUT2D eigenvalue weighted by Gasteiger charge is -2.35. The van der Waals surface area contributed by atoms with Gasteiger partial charge in [-0.25, -0.2) is 0 Å². The van der Waals surface area contributed by atoms with Crippen LogP contribution in [0.2, 0.25) is 0 Å². The topological polar surface area (TPSA) is 40.6 Å². The first-order valence-electron chi connectivity index (χ1n) is 8.57. The maximum Gasteiger partial charge on any atom is 0.406 e. The number of halogens is 4. The SMILES string of the molecule is CCN(CC(F)(F)F)C(=O)C1CCCN(C(=O)Cc2ccc(Br)cc2)C1. The molecule has 4 nitrogen and oxygen atoms in total. The molecule has 0 saturated carbocycles. The zero-order valence-electron chi connectivity index (χ0n) is 14.6. The van der Waals surface area contributed by atoms with Crippen LogP contribution in [0.3, 0.4) is 0 Å². The van der Waals surface area contributed by atoms with Crippen molar-refractivity contribution < 1.29 is 22.8 Å². The molecular weight excluding hydrogens is 413 g/mol. The summed E-state index contributed by atoms with van der Waals surface area (Å²) in [4.78, 5) is 27.4. The Labute approximate surface area is 159 Å². The van der Waals surface area contributed by atoms with E-state index in [-0.39, 0.29) is 25.4 Å². The summed E-state index contributed by atoms with van der Waals surface area (Å²) in [5, 5.41) is 0. The van der Waals surface area contributed by atoms with Crippen molar-refractivity contribution in [3.05, 3.63) is 34.3 Å². The molecule has 8 heteroatoms. The molecule has 1 aliphatic rings. The van der Waals surface area contributed by atoms with E-state index in [1.165, 1.54) is 6.92 Å². The molecule has 0 aromatic heterocycles. The van der Waals surface area contributed by atoms with E-state index in [0.717, 1.165) is 14.9 Å². The summed E-state index contributed by atoms with van der Waals surface area (Å²) in [6.07, 6.45) is -3.08. The number of alkyl halides is 3. The first-order valence-corrected chi connectivity index (χ1v) is 9.36. The van der Waals surface area contributed by atoms with Gasteiger partial charge in [0.2, 0.25) is 11.8 Å². The molecule has 1 unspecified atom stereocenters. The number of carbonyl (C=O) groups excluding carboxylic acids is 2. The molecule has 0 N–H and O–H groups in total. The second-order valence-corrected chi connectivity index (χ2v) is 7.37. The van der Waals surface area contributed by atoms with Gasteiger partial charge in [0.05, 0.1) is 12.3 Å². The van der Waals surface area contributed by atoms with Crippen LogP contribution in [0.1, 0.15) is 25.3 Å². The number of piperidine rings is 1. The molecule has 2 amide bonds. The van der Waals surface area contributed by atoms with Crippen molar-refractivity contribution in [2.24, 2.45) is 5.92 Å². The van der Waals surface area contributed by atoms with Gasteiger partial charge in [-0.3, -0.25) is 9.59 Å². The maximum absolute atomic E-state index is 12.6. The lowest BCUT2D eigenvalue weighted by atomic mass is 9.95. The average molecular weight is 435 g/mol. The summed E-state index contributed by atoms with van der Waals surface area (Å²) in [5.74, 6) is -1.20. The largest absolute Gasteiger partial charge is 0.406 e. The highest BCUT2D eigenvalue weighted by molar-refractivity contribution is 9.10. The number of hydrogen-bond acceptors (Lipinski definition) is 2. The molecule has 2 rings (SSSR count). The molecule has 0 bridgehead atoms. The Hall–Kier alpha value is -1.57. The summed E-state index contributed by atoms with van der Waals surface area (Å²) in [6, 6.07) is 7.39. The molecule has 0 aliphatic carbocycles. The average Bonchev–Trinajstić information content (AvgIpc) is 2.60. The lowest BCUT2D eigenvalue weighted by Crippen LogP contribution is -2.49. The van der Waals surface area contributed by atoms with Crippen molar-refractivity contribution in [2.75, 3.05) is 26.2 Å². The van der Waals surface area contributed by atoms with Crippen molar-refractivity contribution in [2.45, 2.75) is 32.4 Å². The first-order chi connectivity index (χ1) is 12.2. The van der Waals surface area contributed by atoms with E-state index >= 15 is 0 Å². The minimum absolute atomic E-state index is 0.00167. The molecule has 1 aliphatic heterocycles. The van der Waals surface area contributed by atoms with Gasteiger partial charge < -0.3 is 9.80 Å². The van der Waals surface area contributed by atoms with Crippen LogP contribution in [0.25, 0.3) is 0 Å². The zero-order chi connectivity index (χ0) is 19.3. The minimum Gasteiger partial charge on any atom is -0.342 e. The Morgan fingerprint density at radius 3 is 2.50 bits per heavy atom. The van der Waals surface area contributed by atoms with Gasteiger partial charge in [-0.15, -0.1) is 0 Å². The number of hydrogen-bond donors (Lipinski definition) is 0. The first kappa shape index (κ1) is 20.7. The van der Waals surface area contributed by atoms with Crippen LogP contribution in [-0.2, 0) is 16.0 Å². The van der Waals surface area contributed by atoms with E-state index in [1.54, 1.807) is 4.90 Å². The molecule has 1 fully saturated rings. The second-order valence-electron chi connectivity index (χ2n) is 6.45. The van der Waals surface area contributed by atoms with Gasteiger partial charge in [-0.05, 0) is 37.5 Å². The number of rotatable bonds is 5. The van der Waals surface area contributed by atoms with E-state index in [9.17, 15) is 22.8 Å². The Balaban J connectivity index is 1.97. The Morgan fingerprint density at radius 1 is 1.27 bits per heavy atom.